The van der Waals surface area contributed by atoms with E-state index in [-0.39, 0.29) is 5.91 Å². The summed E-state index contributed by atoms with van der Waals surface area (Å²) in [6.45, 7) is 6.93. The van der Waals surface area contributed by atoms with Crippen LogP contribution in [0, 0.1) is 13.8 Å². The van der Waals surface area contributed by atoms with Gasteiger partial charge < -0.3 is 14.8 Å². The SMILES string of the molecule is CCOc1cc(/C=C2/SC(=Nc3ccc(C)cc3)NC2=O)cc(Br)c1OCc1cccc(C)c1. The molecule has 34 heavy (non-hydrogen) atoms. The van der Waals surface area contributed by atoms with Gasteiger partial charge in [-0.1, -0.05) is 47.5 Å². The molecule has 0 radical (unpaired) electrons. The third-order valence-electron chi connectivity index (χ3n) is 5.01. The van der Waals surface area contributed by atoms with Crippen molar-refractivity contribution in [3.63, 3.8) is 0 Å². The fraction of sp³-hybridized carbons (Fsp3) is 0.185. The van der Waals surface area contributed by atoms with Gasteiger partial charge >= 0.3 is 0 Å². The van der Waals surface area contributed by atoms with E-state index in [9.17, 15) is 4.79 Å². The van der Waals surface area contributed by atoms with Crippen LogP contribution in [0.25, 0.3) is 6.08 Å². The zero-order valence-electron chi connectivity index (χ0n) is 19.2. The van der Waals surface area contributed by atoms with Crippen LogP contribution in [0.1, 0.15) is 29.2 Å². The summed E-state index contributed by atoms with van der Waals surface area (Å²) in [6.07, 6.45) is 1.83. The predicted octanol–water partition coefficient (Wildman–Crippen LogP) is 6.94. The molecule has 1 aliphatic rings. The number of nitrogens with zero attached hydrogens (tertiary/aromatic N) is 1. The molecule has 0 aromatic heterocycles. The lowest BCUT2D eigenvalue weighted by atomic mass is 10.1. The number of carbonyl (C=O) groups is 1. The van der Waals surface area contributed by atoms with Gasteiger partial charge in [-0.2, -0.15) is 0 Å². The Kier molecular flexibility index (Phi) is 7.75. The van der Waals surface area contributed by atoms with Crippen molar-refractivity contribution in [3.8, 4) is 11.5 Å². The van der Waals surface area contributed by atoms with Crippen LogP contribution >= 0.6 is 27.7 Å². The van der Waals surface area contributed by atoms with E-state index in [1.165, 1.54) is 17.3 Å². The van der Waals surface area contributed by atoms with Crippen molar-refractivity contribution in [2.75, 3.05) is 6.61 Å². The number of rotatable bonds is 7. The molecule has 4 rings (SSSR count). The highest BCUT2D eigenvalue weighted by molar-refractivity contribution is 9.10. The second kappa shape index (κ2) is 10.9. The van der Waals surface area contributed by atoms with E-state index >= 15 is 0 Å². The van der Waals surface area contributed by atoms with Crippen LogP contribution < -0.4 is 14.8 Å². The summed E-state index contributed by atoms with van der Waals surface area (Å²) < 4.78 is 12.7. The van der Waals surface area contributed by atoms with Crippen LogP contribution in [0.3, 0.4) is 0 Å². The summed E-state index contributed by atoms with van der Waals surface area (Å²) >= 11 is 4.93. The molecule has 1 fully saturated rings. The van der Waals surface area contributed by atoms with E-state index in [2.05, 4.69) is 45.3 Å². The van der Waals surface area contributed by atoms with Crippen LogP contribution in [0.5, 0.6) is 11.5 Å². The Morgan fingerprint density at radius 2 is 1.82 bits per heavy atom. The maximum atomic E-state index is 12.5. The van der Waals surface area contributed by atoms with E-state index in [1.54, 1.807) is 0 Å². The molecule has 1 amide bonds. The van der Waals surface area contributed by atoms with Crippen molar-refractivity contribution in [1.82, 2.24) is 5.32 Å². The Bertz CT molecular complexity index is 1270. The summed E-state index contributed by atoms with van der Waals surface area (Å²) in [5.41, 5.74) is 5.05. The van der Waals surface area contributed by atoms with E-state index in [1.807, 2.05) is 68.5 Å². The Labute approximate surface area is 212 Å². The fourth-order valence-electron chi connectivity index (χ4n) is 3.40. The quantitative estimate of drug-likeness (QED) is 0.332. The molecule has 0 spiro atoms. The first-order valence-corrected chi connectivity index (χ1v) is 12.5. The summed E-state index contributed by atoms with van der Waals surface area (Å²) in [4.78, 5) is 17.6. The number of hydrogen-bond donors (Lipinski definition) is 1. The Balaban J connectivity index is 1.55. The van der Waals surface area contributed by atoms with Gasteiger partial charge in [0.05, 0.1) is 21.7 Å². The lowest BCUT2D eigenvalue weighted by Gasteiger charge is -2.15. The third kappa shape index (κ3) is 6.10. The minimum atomic E-state index is -0.176. The van der Waals surface area contributed by atoms with Crippen molar-refractivity contribution in [2.45, 2.75) is 27.4 Å². The number of aliphatic imine (C=N–C) groups is 1. The highest BCUT2D eigenvalue weighted by Crippen LogP contribution is 2.39. The summed E-state index contributed by atoms with van der Waals surface area (Å²) in [6, 6.07) is 19.9. The number of ether oxygens (including phenoxy) is 2. The van der Waals surface area contributed by atoms with Crippen molar-refractivity contribution >= 4 is 50.5 Å². The molecule has 0 unspecified atom stereocenters. The Morgan fingerprint density at radius 3 is 2.56 bits per heavy atom. The average Bonchev–Trinajstić information content (AvgIpc) is 3.13. The standard InChI is InChI=1S/C27H25BrN2O3S/c1-4-32-23-14-20(13-22(28)25(23)33-16-19-7-5-6-18(3)12-19)15-24-26(31)30-27(34-24)29-21-10-8-17(2)9-11-21/h5-15H,4,16H2,1-3H3,(H,29,30,31)/b24-15+. The summed E-state index contributed by atoms with van der Waals surface area (Å²) in [7, 11) is 0. The molecule has 0 bridgehead atoms. The maximum absolute atomic E-state index is 12.5. The number of benzene rings is 3. The molecule has 5 nitrogen and oxygen atoms in total. The molecule has 1 heterocycles. The fourth-order valence-corrected chi connectivity index (χ4v) is 4.82. The van der Waals surface area contributed by atoms with Gasteiger partial charge in [-0.25, -0.2) is 4.99 Å². The van der Waals surface area contributed by atoms with Crippen LogP contribution in [0.2, 0.25) is 0 Å². The Morgan fingerprint density at radius 1 is 1.03 bits per heavy atom. The average molecular weight is 537 g/mol. The number of carbonyl (C=O) groups excluding carboxylic acids is 1. The van der Waals surface area contributed by atoms with Crippen LogP contribution in [0.4, 0.5) is 5.69 Å². The normalized spacial score (nSPS) is 15.6. The first kappa shape index (κ1) is 24.1. The van der Waals surface area contributed by atoms with E-state index in [0.29, 0.717) is 34.8 Å². The topological polar surface area (TPSA) is 59.9 Å². The lowest BCUT2D eigenvalue weighted by molar-refractivity contribution is -0.115. The Hall–Kier alpha value is -3.03. The summed E-state index contributed by atoms with van der Waals surface area (Å²) in [5, 5.41) is 3.39. The van der Waals surface area contributed by atoms with E-state index < -0.39 is 0 Å². The molecule has 7 heteroatoms. The number of amides is 1. The van der Waals surface area contributed by atoms with Crippen LogP contribution in [0.15, 0.2) is 75.0 Å². The molecule has 1 N–H and O–H groups in total. The predicted molar refractivity (Wildman–Crippen MR) is 143 cm³/mol. The zero-order chi connectivity index (χ0) is 24.1. The molecule has 3 aromatic carbocycles. The second-order valence-electron chi connectivity index (χ2n) is 7.86. The number of halogens is 1. The first-order chi connectivity index (χ1) is 16.4. The molecular weight excluding hydrogens is 512 g/mol. The smallest absolute Gasteiger partial charge is 0.264 e. The monoisotopic (exact) mass is 536 g/mol. The van der Waals surface area contributed by atoms with Gasteiger partial charge in [-0.05, 0) is 89.9 Å². The van der Waals surface area contributed by atoms with Crippen molar-refractivity contribution in [1.29, 1.82) is 0 Å². The highest BCUT2D eigenvalue weighted by atomic mass is 79.9. The van der Waals surface area contributed by atoms with Crippen LogP contribution in [-0.4, -0.2) is 17.7 Å². The van der Waals surface area contributed by atoms with Crippen LogP contribution in [-0.2, 0) is 11.4 Å². The highest BCUT2D eigenvalue weighted by Gasteiger charge is 2.24. The van der Waals surface area contributed by atoms with Gasteiger partial charge in [0.15, 0.2) is 16.7 Å². The molecule has 3 aromatic rings. The summed E-state index contributed by atoms with van der Waals surface area (Å²) in [5.74, 6) is 1.08. The van der Waals surface area contributed by atoms with Gasteiger partial charge in [-0.15, -0.1) is 0 Å². The van der Waals surface area contributed by atoms with Crippen molar-refractivity contribution < 1.29 is 14.3 Å². The number of thioether (sulfide) groups is 1. The third-order valence-corrected chi connectivity index (χ3v) is 6.51. The minimum Gasteiger partial charge on any atom is -0.490 e. The van der Waals surface area contributed by atoms with Crippen molar-refractivity contribution in [3.05, 3.63) is 92.3 Å². The van der Waals surface area contributed by atoms with E-state index in [0.717, 1.165) is 26.9 Å². The van der Waals surface area contributed by atoms with Gasteiger partial charge in [0, 0.05) is 0 Å². The molecule has 0 atom stereocenters. The molecule has 0 saturated carbocycles. The molecule has 1 aliphatic heterocycles. The van der Waals surface area contributed by atoms with Gasteiger partial charge in [0.25, 0.3) is 5.91 Å². The van der Waals surface area contributed by atoms with E-state index in [4.69, 9.17) is 9.47 Å². The van der Waals surface area contributed by atoms with Crippen molar-refractivity contribution in [2.24, 2.45) is 4.99 Å². The number of hydrogen-bond acceptors (Lipinski definition) is 5. The van der Waals surface area contributed by atoms with Gasteiger partial charge in [-0.3, -0.25) is 4.79 Å². The first-order valence-electron chi connectivity index (χ1n) is 10.9. The number of aryl methyl sites for hydroxylation is 2. The van der Waals surface area contributed by atoms with Gasteiger partial charge in [0.1, 0.15) is 6.61 Å². The largest absolute Gasteiger partial charge is 0.490 e. The number of amidine groups is 1. The maximum Gasteiger partial charge on any atom is 0.264 e. The second-order valence-corrected chi connectivity index (χ2v) is 9.74. The molecule has 0 aliphatic carbocycles. The molecular formula is C27H25BrN2O3S. The minimum absolute atomic E-state index is 0.176. The van der Waals surface area contributed by atoms with Gasteiger partial charge in [0.2, 0.25) is 0 Å². The zero-order valence-corrected chi connectivity index (χ0v) is 21.6. The molecule has 174 valence electrons. The number of nitrogens with one attached hydrogen (secondary N) is 1. The lowest BCUT2D eigenvalue weighted by Crippen LogP contribution is -2.19. The molecule has 1 saturated heterocycles.